The zero-order valence-corrected chi connectivity index (χ0v) is 25.7. The van der Waals surface area contributed by atoms with Gasteiger partial charge in [-0.15, -0.1) is 0 Å². The molecule has 0 bridgehead atoms. The van der Waals surface area contributed by atoms with Gasteiger partial charge in [-0.05, 0) is 60.6 Å². The highest BCUT2D eigenvalue weighted by atomic mass is 35.5. The molecule has 1 aliphatic rings. The number of nitrogens with one attached hydrogen (secondary N) is 2. The number of hydrogen-bond acceptors (Lipinski definition) is 8. The van der Waals surface area contributed by atoms with Crippen LogP contribution in [0.1, 0.15) is 53.4 Å². The summed E-state index contributed by atoms with van der Waals surface area (Å²) < 4.78 is 62.9. The Morgan fingerprint density at radius 1 is 1.16 bits per heavy atom. The molecule has 3 rings (SSSR count). The number of aliphatic hydroxyl groups is 1. The monoisotopic (exact) mass is 641 g/mol. The van der Waals surface area contributed by atoms with Crippen LogP contribution in [0.5, 0.6) is 11.5 Å². The molecule has 2 aromatic carbocycles. The molecule has 0 aromatic heterocycles. The van der Waals surface area contributed by atoms with E-state index in [1.807, 2.05) is 32.4 Å². The first kappa shape index (κ1) is 34.1. The Labute approximate surface area is 253 Å². The highest BCUT2D eigenvalue weighted by molar-refractivity contribution is 7.89. The normalized spacial score (nSPS) is 17.0. The zero-order chi connectivity index (χ0) is 32.1. The molecule has 43 heavy (non-hydrogen) atoms. The molecule has 0 fully saturated rings. The fourth-order valence-electron chi connectivity index (χ4n) is 4.55. The third-order valence-electron chi connectivity index (χ3n) is 6.93. The Bertz CT molecular complexity index is 1520. The molecule has 0 radical (unpaired) electrons. The number of ether oxygens (including phenoxy) is 1. The van der Waals surface area contributed by atoms with Crippen LogP contribution in [0.3, 0.4) is 0 Å². The van der Waals surface area contributed by atoms with Gasteiger partial charge in [0.15, 0.2) is 23.2 Å². The highest BCUT2D eigenvalue weighted by Gasteiger charge is 2.36. The maximum atomic E-state index is 14.8. The molecule has 10 nitrogen and oxygen atoms in total. The number of aliphatic imine (C=N–C) groups is 1. The number of allylic oxidation sites excluding steroid dienone is 2. The largest absolute Gasteiger partial charge is 0.511 e. The fraction of sp³-hybridized carbons (Fsp3) is 0.414. The number of hydrogen-bond donors (Lipinski definition) is 4. The maximum absolute atomic E-state index is 14.8. The second-order valence-electron chi connectivity index (χ2n) is 11.0. The summed E-state index contributed by atoms with van der Waals surface area (Å²) in [4.78, 5) is 28.9. The van der Waals surface area contributed by atoms with Crippen molar-refractivity contribution in [3.05, 3.63) is 64.4 Å². The van der Waals surface area contributed by atoms with E-state index in [1.54, 1.807) is 0 Å². The molecule has 0 heterocycles. The van der Waals surface area contributed by atoms with Crippen LogP contribution in [0.15, 0.2) is 57.6 Å². The average molecular weight is 642 g/mol. The number of amides is 1. The van der Waals surface area contributed by atoms with Crippen LogP contribution in [0.25, 0.3) is 0 Å². The number of rotatable bonds is 12. The summed E-state index contributed by atoms with van der Waals surface area (Å²) in [7, 11) is -4.70. The van der Waals surface area contributed by atoms with Crippen molar-refractivity contribution in [1.82, 2.24) is 10.2 Å². The van der Waals surface area contributed by atoms with Crippen LogP contribution in [0, 0.1) is 23.0 Å². The molecule has 4 N–H and O–H groups in total. The Kier molecular flexibility index (Phi) is 11.0. The minimum atomic E-state index is -4.70. The van der Waals surface area contributed by atoms with Crippen molar-refractivity contribution in [3.63, 3.8) is 0 Å². The number of aliphatic hydroxyl groups excluding tert-OH is 1. The van der Waals surface area contributed by atoms with Crippen LogP contribution in [0.4, 0.5) is 8.78 Å². The number of carbonyl (C=O) groups excluding carboxylic acids is 2. The van der Waals surface area contributed by atoms with Crippen LogP contribution in [-0.4, -0.2) is 48.7 Å². The first-order valence-corrected chi connectivity index (χ1v) is 15.3. The van der Waals surface area contributed by atoms with Gasteiger partial charge in [-0.2, -0.15) is 4.72 Å². The summed E-state index contributed by atoms with van der Waals surface area (Å²) in [6, 6.07) is 5.03. The topological polar surface area (TPSA) is 154 Å². The van der Waals surface area contributed by atoms with Gasteiger partial charge < -0.3 is 9.84 Å². The fourth-order valence-corrected chi connectivity index (χ4v) is 5.93. The second kappa shape index (κ2) is 13.9. The lowest BCUT2D eigenvalue weighted by molar-refractivity contribution is -0.131. The van der Waals surface area contributed by atoms with Gasteiger partial charge in [0.25, 0.3) is 5.91 Å². The van der Waals surface area contributed by atoms with Gasteiger partial charge in [-0.25, -0.2) is 22.7 Å². The van der Waals surface area contributed by atoms with Crippen molar-refractivity contribution in [1.29, 1.82) is 0 Å². The summed E-state index contributed by atoms with van der Waals surface area (Å²) in [5, 5.41) is 20.3. The summed E-state index contributed by atoms with van der Waals surface area (Å²) in [5.74, 6) is -5.20. The van der Waals surface area contributed by atoms with Crippen molar-refractivity contribution in [2.24, 2.45) is 16.3 Å². The van der Waals surface area contributed by atoms with Crippen LogP contribution in [0.2, 0.25) is 5.02 Å². The van der Waals surface area contributed by atoms with E-state index in [0.717, 1.165) is 0 Å². The van der Waals surface area contributed by atoms with Gasteiger partial charge in [-0.1, -0.05) is 39.3 Å². The van der Waals surface area contributed by atoms with E-state index in [4.69, 9.17) is 16.3 Å². The minimum Gasteiger partial charge on any atom is -0.511 e. The molecule has 1 aliphatic carbocycles. The van der Waals surface area contributed by atoms with Gasteiger partial charge in [-0.3, -0.25) is 19.8 Å². The lowest BCUT2D eigenvalue weighted by Crippen LogP contribution is -2.46. The van der Waals surface area contributed by atoms with E-state index < -0.39 is 49.7 Å². The molecule has 1 unspecified atom stereocenters. The molecule has 0 saturated carbocycles. The van der Waals surface area contributed by atoms with Gasteiger partial charge in [0.05, 0.1) is 16.2 Å². The zero-order valence-electron chi connectivity index (χ0n) is 24.1. The second-order valence-corrected chi connectivity index (χ2v) is 13.2. The van der Waals surface area contributed by atoms with E-state index in [9.17, 15) is 37.1 Å². The van der Waals surface area contributed by atoms with E-state index in [0.29, 0.717) is 29.3 Å². The quantitative estimate of drug-likeness (QED) is 0.133. The predicted molar refractivity (Wildman–Crippen MR) is 156 cm³/mol. The third kappa shape index (κ3) is 8.59. The average Bonchev–Trinajstić information content (AvgIpc) is 2.92. The van der Waals surface area contributed by atoms with Gasteiger partial charge in [0, 0.05) is 24.4 Å². The highest BCUT2D eigenvalue weighted by Crippen LogP contribution is 2.37. The van der Waals surface area contributed by atoms with Gasteiger partial charge in [0.2, 0.25) is 10.0 Å². The van der Waals surface area contributed by atoms with Gasteiger partial charge in [0.1, 0.15) is 17.6 Å². The molecule has 1 amide bonds. The number of ketones is 1. The van der Waals surface area contributed by atoms with E-state index in [1.165, 1.54) is 29.7 Å². The van der Waals surface area contributed by atoms with Gasteiger partial charge >= 0.3 is 0 Å². The Morgan fingerprint density at radius 3 is 2.30 bits per heavy atom. The molecule has 2 aromatic rings. The predicted octanol–water partition coefficient (Wildman–Crippen LogP) is 5.64. The number of benzene rings is 2. The molecule has 0 spiro atoms. The third-order valence-corrected chi connectivity index (χ3v) is 8.63. The number of hydroxylamine groups is 1. The molecule has 14 heteroatoms. The van der Waals surface area contributed by atoms with Crippen molar-refractivity contribution in [2.45, 2.75) is 64.3 Å². The Morgan fingerprint density at radius 2 is 1.77 bits per heavy atom. The molecular formula is C29H34ClF2N3O7S. The van der Waals surface area contributed by atoms with Crippen LogP contribution < -0.4 is 14.9 Å². The number of nitrogens with zero attached hydrogens (tertiary/aromatic N) is 1. The summed E-state index contributed by atoms with van der Waals surface area (Å²) in [5.41, 5.74) is 1.38. The Hall–Kier alpha value is -3.39. The molecule has 0 aliphatic heterocycles. The van der Waals surface area contributed by atoms with Crippen molar-refractivity contribution in [3.8, 4) is 11.5 Å². The number of sulfonamides is 1. The van der Waals surface area contributed by atoms with E-state index in [2.05, 4.69) is 4.99 Å². The van der Waals surface area contributed by atoms with E-state index in [-0.39, 0.29) is 54.6 Å². The SMILES string of the molecule is CCC(C)C(=NCC[C@@H](NS(=O)(=O)c1cc(F)c(Oc2ccc(Cl)cc2)c(F)c1)C(=O)NO)C1=C(O)CC(C)(C)CC1=O. The maximum Gasteiger partial charge on any atom is 0.261 e. The summed E-state index contributed by atoms with van der Waals surface area (Å²) in [6.45, 7) is 7.22. The summed E-state index contributed by atoms with van der Waals surface area (Å²) in [6.07, 6.45) is 0.750. The van der Waals surface area contributed by atoms with Crippen molar-refractivity contribution in [2.75, 3.05) is 6.54 Å². The van der Waals surface area contributed by atoms with Crippen molar-refractivity contribution >= 4 is 39.0 Å². The summed E-state index contributed by atoms with van der Waals surface area (Å²) >= 11 is 5.79. The van der Waals surface area contributed by atoms with Crippen LogP contribution >= 0.6 is 11.6 Å². The molecule has 234 valence electrons. The molecule has 2 atom stereocenters. The first-order valence-electron chi connectivity index (χ1n) is 13.5. The molecule has 0 saturated heterocycles. The van der Waals surface area contributed by atoms with E-state index >= 15 is 0 Å². The Balaban J connectivity index is 1.84. The number of Topliss-reactive ketones (excluding diaryl/α,β-unsaturated/α-hetero) is 1. The number of halogens is 3. The minimum absolute atomic E-state index is 0.0515. The lowest BCUT2D eigenvalue weighted by atomic mass is 9.74. The van der Waals surface area contributed by atoms with Crippen molar-refractivity contribution < 1.29 is 41.8 Å². The molecular weight excluding hydrogens is 608 g/mol. The lowest BCUT2D eigenvalue weighted by Gasteiger charge is -2.31. The smallest absolute Gasteiger partial charge is 0.261 e. The van der Waals surface area contributed by atoms with Crippen LogP contribution in [-0.2, 0) is 19.6 Å². The first-order chi connectivity index (χ1) is 20.1. The standard InChI is InChI=1S/C29H34ClF2N3O7S/c1-5-16(2)26(25-23(36)14-29(3,4)15-24(25)37)33-11-10-22(28(38)34-39)35-43(40,41)19-12-20(31)27(21(32)13-19)42-18-8-6-17(30)7-9-18/h6-9,12-13,16,22,35-36,39H,5,10-11,14-15H2,1-4H3,(H,34,38)/t16?,22-/m1/s1. The number of carbonyl (C=O) groups is 2.